The fraction of sp³-hybridized carbons (Fsp3) is 0.222. The molecule has 62 valence electrons. The molecule has 0 unspecified atom stereocenters. The summed E-state index contributed by atoms with van der Waals surface area (Å²) in [5.74, 6) is 0. The maximum atomic E-state index is 4.12. The van der Waals surface area contributed by atoms with Gasteiger partial charge in [-0.05, 0) is 40.0 Å². The Bertz CT molecular complexity index is 406. The lowest BCUT2D eigenvalue weighted by atomic mass is 10.1. The molecule has 0 bridgehead atoms. The molecule has 2 aromatic rings. The van der Waals surface area contributed by atoms with Crippen molar-refractivity contribution in [2.24, 2.45) is 0 Å². The highest BCUT2D eigenvalue weighted by Gasteiger charge is 2.01. The molecule has 2 rings (SSSR count). The number of rotatable bonds is 1. The van der Waals surface area contributed by atoms with Crippen molar-refractivity contribution in [3.05, 3.63) is 28.4 Å². The molecule has 0 fully saturated rings. The summed E-state index contributed by atoms with van der Waals surface area (Å²) in [5, 5.41) is 8.18. The highest BCUT2D eigenvalue weighted by molar-refractivity contribution is 9.10. The molecule has 0 aliphatic rings. The van der Waals surface area contributed by atoms with Gasteiger partial charge in [0.1, 0.15) is 4.60 Å². The number of H-pyrrole nitrogens is 1. The highest BCUT2D eigenvalue weighted by atomic mass is 79.9. The Morgan fingerprint density at radius 2 is 2.33 bits per heavy atom. The zero-order chi connectivity index (χ0) is 8.55. The van der Waals surface area contributed by atoms with Crippen LogP contribution in [0.1, 0.15) is 12.5 Å². The molecule has 12 heavy (non-hydrogen) atoms. The summed E-state index contributed by atoms with van der Waals surface area (Å²) in [6.45, 7) is 2.15. The minimum absolute atomic E-state index is 0.966. The molecular weight excluding hydrogens is 216 g/mol. The van der Waals surface area contributed by atoms with Gasteiger partial charge in [-0.2, -0.15) is 5.10 Å². The van der Waals surface area contributed by atoms with Gasteiger partial charge >= 0.3 is 0 Å². The van der Waals surface area contributed by atoms with E-state index in [4.69, 9.17) is 0 Å². The third-order valence-electron chi connectivity index (χ3n) is 1.98. The molecule has 0 saturated heterocycles. The maximum absolute atomic E-state index is 4.12. The number of hydrogen-bond acceptors (Lipinski definition) is 1. The van der Waals surface area contributed by atoms with E-state index in [0.29, 0.717) is 0 Å². The summed E-state index contributed by atoms with van der Waals surface area (Å²) in [7, 11) is 0. The molecule has 0 aliphatic carbocycles. The van der Waals surface area contributed by atoms with Gasteiger partial charge in [-0.3, -0.25) is 5.10 Å². The van der Waals surface area contributed by atoms with Crippen LogP contribution >= 0.6 is 15.9 Å². The van der Waals surface area contributed by atoms with Gasteiger partial charge in [0.15, 0.2) is 0 Å². The molecule has 1 heterocycles. The van der Waals surface area contributed by atoms with E-state index >= 15 is 0 Å². The Kier molecular flexibility index (Phi) is 1.89. The van der Waals surface area contributed by atoms with Crippen molar-refractivity contribution in [3.63, 3.8) is 0 Å². The van der Waals surface area contributed by atoms with Crippen molar-refractivity contribution in [2.75, 3.05) is 0 Å². The molecule has 0 amide bonds. The summed E-state index contributed by atoms with van der Waals surface area (Å²) in [4.78, 5) is 0. The summed E-state index contributed by atoms with van der Waals surface area (Å²) >= 11 is 3.41. The number of aryl methyl sites for hydroxylation is 1. The lowest BCUT2D eigenvalue weighted by molar-refractivity contribution is 1.10. The van der Waals surface area contributed by atoms with Crippen molar-refractivity contribution < 1.29 is 0 Å². The maximum Gasteiger partial charge on any atom is 0.108 e. The van der Waals surface area contributed by atoms with Crippen LogP contribution in [0.5, 0.6) is 0 Å². The van der Waals surface area contributed by atoms with Gasteiger partial charge < -0.3 is 0 Å². The van der Waals surface area contributed by atoms with Crippen LogP contribution in [-0.2, 0) is 6.42 Å². The smallest absolute Gasteiger partial charge is 0.108 e. The minimum atomic E-state index is 0.966. The second kappa shape index (κ2) is 2.90. The first kappa shape index (κ1) is 7.80. The second-order valence-corrected chi connectivity index (χ2v) is 3.54. The van der Waals surface area contributed by atoms with Crippen LogP contribution in [0.3, 0.4) is 0 Å². The SMILES string of the molecule is CCc1ccc2n[nH]c(Br)c2c1. The summed E-state index contributed by atoms with van der Waals surface area (Å²) < 4.78 is 0.966. The number of fused-ring (bicyclic) bond motifs is 1. The van der Waals surface area contributed by atoms with Crippen LogP contribution in [0.25, 0.3) is 10.9 Å². The van der Waals surface area contributed by atoms with Gasteiger partial charge in [0.05, 0.1) is 5.52 Å². The first-order chi connectivity index (χ1) is 5.81. The number of aromatic nitrogens is 2. The Balaban J connectivity index is 2.71. The predicted octanol–water partition coefficient (Wildman–Crippen LogP) is 2.89. The molecule has 1 aromatic carbocycles. The number of nitrogens with zero attached hydrogens (tertiary/aromatic N) is 1. The van der Waals surface area contributed by atoms with Crippen LogP contribution in [-0.4, -0.2) is 10.2 Å². The van der Waals surface area contributed by atoms with Crippen molar-refractivity contribution in [1.82, 2.24) is 10.2 Å². The average molecular weight is 225 g/mol. The standard InChI is InChI=1S/C9H9BrN2/c1-2-6-3-4-8-7(5-6)9(10)12-11-8/h3-5H,2H2,1H3,(H,11,12). The first-order valence-corrected chi connectivity index (χ1v) is 4.73. The molecule has 0 atom stereocenters. The fourth-order valence-corrected chi connectivity index (χ4v) is 1.65. The topological polar surface area (TPSA) is 28.7 Å². The van der Waals surface area contributed by atoms with Crippen LogP contribution in [0.2, 0.25) is 0 Å². The normalized spacial score (nSPS) is 10.8. The van der Waals surface area contributed by atoms with Gasteiger partial charge in [-0.25, -0.2) is 0 Å². The molecule has 1 aromatic heterocycles. The monoisotopic (exact) mass is 224 g/mol. The van der Waals surface area contributed by atoms with E-state index in [1.54, 1.807) is 0 Å². The minimum Gasteiger partial charge on any atom is -0.270 e. The number of aromatic amines is 1. The number of halogens is 1. The van der Waals surface area contributed by atoms with Gasteiger partial charge in [0.25, 0.3) is 0 Å². The van der Waals surface area contributed by atoms with Crippen molar-refractivity contribution in [3.8, 4) is 0 Å². The van der Waals surface area contributed by atoms with E-state index in [9.17, 15) is 0 Å². The average Bonchev–Trinajstić information content (AvgIpc) is 2.47. The second-order valence-electron chi connectivity index (χ2n) is 2.74. The largest absolute Gasteiger partial charge is 0.270 e. The zero-order valence-electron chi connectivity index (χ0n) is 6.76. The fourth-order valence-electron chi connectivity index (χ4n) is 1.25. The lowest BCUT2D eigenvalue weighted by Gasteiger charge is -1.94. The Hall–Kier alpha value is -0.830. The molecule has 1 N–H and O–H groups in total. The van der Waals surface area contributed by atoms with Crippen LogP contribution in [0, 0.1) is 0 Å². The van der Waals surface area contributed by atoms with Gasteiger partial charge in [0, 0.05) is 5.39 Å². The van der Waals surface area contributed by atoms with E-state index in [-0.39, 0.29) is 0 Å². The number of nitrogens with one attached hydrogen (secondary N) is 1. The third kappa shape index (κ3) is 1.14. The van der Waals surface area contributed by atoms with E-state index < -0.39 is 0 Å². The van der Waals surface area contributed by atoms with E-state index in [1.165, 1.54) is 5.56 Å². The zero-order valence-corrected chi connectivity index (χ0v) is 8.35. The van der Waals surface area contributed by atoms with Gasteiger partial charge in [0.2, 0.25) is 0 Å². The molecular formula is C9H9BrN2. The van der Waals surface area contributed by atoms with Gasteiger partial charge in [-0.15, -0.1) is 0 Å². The predicted molar refractivity (Wildman–Crippen MR) is 53.2 cm³/mol. The summed E-state index contributed by atoms with van der Waals surface area (Å²) in [5.41, 5.74) is 2.35. The van der Waals surface area contributed by atoms with E-state index in [1.807, 2.05) is 6.07 Å². The third-order valence-corrected chi connectivity index (χ3v) is 2.58. The molecule has 0 aliphatic heterocycles. The quantitative estimate of drug-likeness (QED) is 0.794. The Labute approximate surface area is 79.1 Å². The molecule has 3 heteroatoms. The van der Waals surface area contributed by atoms with Crippen LogP contribution in [0.4, 0.5) is 0 Å². The lowest BCUT2D eigenvalue weighted by Crippen LogP contribution is -1.77. The first-order valence-electron chi connectivity index (χ1n) is 3.93. The molecule has 0 spiro atoms. The number of hydrogen-bond donors (Lipinski definition) is 1. The highest BCUT2D eigenvalue weighted by Crippen LogP contribution is 2.21. The molecule has 2 nitrogen and oxygen atoms in total. The Morgan fingerprint density at radius 1 is 1.50 bits per heavy atom. The van der Waals surface area contributed by atoms with Crippen molar-refractivity contribution in [1.29, 1.82) is 0 Å². The Morgan fingerprint density at radius 3 is 3.08 bits per heavy atom. The summed E-state index contributed by atoms with van der Waals surface area (Å²) in [6, 6.07) is 6.30. The molecule has 0 saturated carbocycles. The van der Waals surface area contributed by atoms with Crippen LogP contribution in [0.15, 0.2) is 22.8 Å². The molecule has 0 radical (unpaired) electrons. The van der Waals surface area contributed by atoms with E-state index in [0.717, 1.165) is 21.9 Å². The van der Waals surface area contributed by atoms with Crippen LogP contribution < -0.4 is 0 Å². The van der Waals surface area contributed by atoms with Crippen molar-refractivity contribution in [2.45, 2.75) is 13.3 Å². The number of benzene rings is 1. The summed E-state index contributed by atoms with van der Waals surface area (Å²) in [6.07, 6.45) is 1.06. The van der Waals surface area contributed by atoms with Gasteiger partial charge in [-0.1, -0.05) is 13.0 Å². The van der Waals surface area contributed by atoms with Crippen molar-refractivity contribution >= 4 is 26.8 Å². The van der Waals surface area contributed by atoms with E-state index in [2.05, 4.69) is 45.2 Å².